The van der Waals surface area contributed by atoms with Crippen molar-refractivity contribution >= 4 is 11.3 Å². The van der Waals surface area contributed by atoms with Gasteiger partial charge in [-0.05, 0) is 18.4 Å². The van der Waals surface area contributed by atoms with Crippen LogP contribution in [0.5, 0.6) is 0 Å². The lowest BCUT2D eigenvalue weighted by Gasteiger charge is -2.12. The summed E-state index contributed by atoms with van der Waals surface area (Å²) >= 11 is 1.62. The van der Waals surface area contributed by atoms with E-state index in [1.807, 2.05) is 11.6 Å². The summed E-state index contributed by atoms with van der Waals surface area (Å²) < 4.78 is 0. The Balaban J connectivity index is 1.62. The minimum Gasteiger partial charge on any atom is -0.327 e. The van der Waals surface area contributed by atoms with E-state index in [1.54, 1.807) is 11.3 Å². The second kappa shape index (κ2) is 7.26. The second-order valence-corrected chi connectivity index (χ2v) is 5.11. The van der Waals surface area contributed by atoms with Gasteiger partial charge in [0.15, 0.2) is 0 Å². The lowest BCUT2D eigenvalue weighted by Crippen LogP contribution is -2.34. The van der Waals surface area contributed by atoms with Gasteiger partial charge in [-0.25, -0.2) is 4.98 Å². The molecule has 3 N–H and O–H groups in total. The molecule has 0 spiro atoms. The van der Waals surface area contributed by atoms with Crippen molar-refractivity contribution in [3.8, 4) is 0 Å². The normalized spacial score (nSPS) is 12.5. The quantitative estimate of drug-likeness (QED) is 0.803. The van der Waals surface area contributed by atoms with E-state index in [1.165, 1.54) is 5.56 Å². The highest BCUT2D eigenvalue weighted by Gasteiger charge is 2.03. The van der Waals surface area contributed by atoms with Crippen molar-refractivity contribution in [1.29, 1.82) is 0 Å². The molecule has 18 heavy (non-hydrogen) atoms. The van der Waals surface area contributed by atoms with E-state index in [9.17, 15) is 0 Å². The van der Waals surface area contributed by atoms with Gasteiger partial charge >= 0.3 is 0 Å². The lowest BCUT2D eigenvalue weighted by molar-refractivity contribution is 0.542. The van der Waals surface area contributed by atoms with Gasteiger partial charge in [0.25, 0.3) is 0 Å². The molecule has 0 aliphatic carbocycles. The minimum absolute atomic E-state index is 0.198. The zero-order valence-corrected chi connectivity index (χ0v) is 11.2. The minimum atomic E-state index is 0.198. The Bertz CT molecular complexity index is 428. The predicted molar refractivity (Wildman–Crippen MR) is 76.6 cm³/mol. The van der Waals surface area contributed by atoms with Crippen LogP contribution >= 0.6 is 11.3 Å². The third-order valence-corrected chi connectivity index (χ3v) is 3.48. The third-order valence-electron chi connectivity index (χ3n) is 2.84. The van der Waals surface area contributed by atoms with Gasteiger partial charge in [0, 0.05) is 24.5 Å². The van der Waals surface area contributed by atoms with Crippen molar-refractivity contribution in [2.24, 2.45) is 5.73 Å². The molecule has 0 bridgehead atoms. The van der Waals surface area contributed by atoms with Gasteiger partial charge in [-0.3, -0.25) is 0 Å². The van der Waals surface area contributed by atoms with Gasteiger partial charge in [-0.2, -0.15) is 0 Å². The number of thiazole rings is 1. The maximum Gasteiger partial charge on any atom is 0.0795 e. The Morgan fingerprint density at radius 1 is 1.28 bits per heavy atom. The largest absolute Gasteiger partial charge is 0.327 e. The average molecular weight is 261 g/mol. The van der Waals surface area contributed by atoms with Gasteiger partial charge < -0.3 is 11.1 Å². The van der Waals surface area contributed by atoms with Crippen molar-refractivity contribution in [2.75, 3.05) is 6.54 Å². The Hall–Kier alpha value is -1.23. The first kappa shape index (κ1) is 13.2. The van der Waals surface area contributed by atoms with E-state index < -0.39 is 0 Å². The SMILES string of the molecule is NC(CCc1ccccc1)CNCc1cscn1. The fourth-order valence-electron chi connectivity index (χ4n) is 1.81. The predicted octanol–water partition coefficient (Wildman–Crippen LogP) is 2.19. The van der Waals surface area contributed by atoms with Crippen LogP contribution in [-0.2, 0) is 13.0 Å². The van der Waals surface area contributed by atoms with E-state index in [4.69, 9.17) is 5.73 Å². The molecule has 1 heterocycles. The van der Waals surface area contributed by atoms with E-state index in [0.717, 1.165) is 31.6 Å². The molecule has 0 saturated carbocycles. The zero-order chi connectivity index (χ0) is 12.6. The third kappa shape index (κ3) is 4.56. The van der Waals surface area contributed by atoms with Gasteiger partial charge in [0.05, 0.1) is 11.2 Å². The van der Waals surface area contributed by atoms with Gasteiger partial charge in [0.2, 0.25) is 0 Å². The molecule has 4 heteroatoms. The number of hydrogen-bond acceptors (Lipinski definition) is 4. The maximum absolute atomic E-state index is 6.08. The maximum atomic E-state index is 6.08. The summed E-state index contributed by atoms with van der Waals surface area (Å²) in [7, 11) is 0. The molecule has 3 nitrogen and oxygen atoms in total. The van der Waals surface area contributed by atoms with Crippen LogP contribution in [0.2, 0.25) is 0 Å². The van der Waals surface area contributed by atoms with Crippen LogP contribution in [-0.4, -0.2) is 17.6 Å². The molecule has 0 fully saturated rings. The van der Waals surface area contributed by atoms with Crippen molar-refractivity contribution in [3.05, 3.63) is 52.5 Å². The van der Waals surface area contributed by atoms with Crippen LogP contribution in [0.4, 0.5) is 0 Å². The van der Waals surface area contributed by atoms with E-state index in [0.29, 0.717) is 0 Å². The van der Waals surface area contributed by atoms with E-state index >= 15 is 0 Å². The van der Waals surface area contributed by atoms with Crippen molar-refractivity contribution < 1.29 is 0 Å². The molecule has 2 rings (SSSR count). The first-order valence-electron chi connectivity index (χ1n) is 6.22. The molecule has 1 atom stereocenters. The Kier molecular flexibility index (Phi) is 5.33. The Labute approximate surface area is 112 Å². The monoisotopic (exact) mass is 261 g/mol. The number of aryl methyl sites for hydroxylation is 1. The molecule has 0 amide bonds. The first-order valence-corrected chi connectivity index (χ1v) is 7.16. The first-order chi connectivity index (χ1) is 8.84. The van der Waals surface area contributed by atoms with Crippen LogP contribution < -0.4 is 11.1 Å². The number of rotatable bonds is 7. The second-order valence-electron chi connectivity index (χ2n) is 4.40. The molecule has 2 aromatic rings. The van der Waals surface area contributed by atoms with Crippen LogP contribution in [0.1, 0.15) is 17.7 Å². The lowest BCUT2D eigenvalue weighted by atomic mass is 10.1. The van der Waals surface area contributed by atoms with Crippen LogP contribution in [0, 0.1) is 0 Å². The standard InChI is InChI=1S/C14H19N3S/c15-13(7-6-12-4-2-1-3-5-12)8-16-9-14-10-18-11-17-14/h1-5,10-11,13,16H,6-9,15H2. The smallest absolute Gasteiger partial charge is 0.0795 e. The molecule has 96 valence electrons. The van der Waals surface area contributed by atoms with Gasteiger partial charge in [0.1, 0.15) is 0 Å². The number of nitrogens with zero attached hydrogens (tertiary/aromatic N) is 1. The summed E-state index contributed by atoms with van der Waals surface area (Å²) in [6.45, 7) is 1.65. The van der Waals surface area contributed by atoms with Gasteiger partial charge in [-0.15, -0.1) is 11.3 Å². The summed E-state index contributed by atoms with van der Waals surface area (Å²) in [6, 6.07) is 10.7. The number of aromatic nitrogens is 1. The molecular formula is C14H19N3S. The Morgan fingerprint density at radius 2 is 2.11 bits per heavy atom. The highest BCUT2D eigenvalue weighted by molar-refractivity contribution is 7.07. The van der Waals surface area contributed by atoms with Crippen molar-refractivity contribution in [2.45, 2.75) is 25.4 Å². The Morgan fingerprint density at radius 3 is 2.83 bits per heavy atom. The van der Waals surface area contributed by atoms with Gasteiger partial charge in [-0.1, -0.05) is 30.3 Å². The molecule has 0 aliphatic rings. The number of benzene rings is 1. The summed E-state index contributed by atoms with van der Waals surface area (Å²) in [5, 5.41) is 5.40. The molecule has 0 saturated heterocycles. The molecular weight excluding hydrogens is 242 g/mol. The van der Waals surface area contributed by atoms with Crippen molar-refractivity contribution in [1.82, 2.24) is 10.3 Å². The summed E-state index contributed by atoms with van der Waals surface area (Å²) in [5.41, 5.74) is 10.4. The number of hydrogen-bond donors (Lipinski definition) is 2. The van der Waals surface area contributed by atoms with E-state index in [-0.39, 0.29) is 6.04 Å². The van der Waals surface area contributed by atoms with Crippen LogP contribution in [0.15, 0.2) is 41.2 Å². The van der Waals surface area contributed by atoms with E-state index in [2.05, 4.69) is 39.9 Å². The molecule has 0 radical (unpaired) electrons. The van der Waals surface area contributed by atoms with Crippen molar-refractivity contribution in [3.63, 3.8) is 0 Å². The zero-order valence-electron chi connectivity index (χ0n) is 10.4. The highest BCUT2D eigenvalue weighted by atomic mass is 32.1. The fourth-order valence-corrected chi connectivity index (χ4v) is 2.37. The number of nitrogens with one attached hydrogen (secondary N) is 1. The molecule has 0 aliphatic heterocycles. The fraction of sp³-hybridized carbons (Fsp3) is 0.357. The van der Waals surface area contributed by atoms with Crippen LogP contribution in [0.25, 0.3) is 0 Å². The average Bonchev–Trinajstić information content (AvgIpc) is 2.91. The number of nitrogens with two attached hydrogens (primary N) is 1. The molecule has 1 unspecified atom stereocenters. The summed E-state index contributed by atoms with van der Waals surface area (Å²) in [4.78, 5) is 4.22. The molecule has 1 aromatic heterocycles. The van der Waals surface area contributed by atoms with Crippen LogP contribution in [0.3, 0.4) is 0 Å². The summed E-state index contributed by atoms with van der Waals surface area (Å²) in [6.07, 6.45) is 2.05. The molecule has 1 aromatic carbocycles. The summed E-state index contributed by atoms with van der Waals surface area (Å²) in [5.74, 6) is 0. The topological polar surface area (TPSA) is 50.9 Å². The highest BCUT2D eigenvalue weighted by Crippen LogP contribution is 2.04.